The van der Waals surface area contributed by atoms with Gasteiger partial charge in [0.1, 0.15) is 0 Å². The molecule has 3 unspecified atom stereocenters. The highest BCUT2D eigenvalue weighted by Crippen LogP contribution is 2.22. The fourth-order valence-electron chi connectivity index (χ4n) is 3.78. The highest BCUT2D eigenvalue weighted by atomic mass is 32.1. The molecule has 3 atom stereocenters. The van der Waals surface area contributed by atoms with Gasteiger partial charge in [0.25, 0.3) is 0 Å². The van der Waals surface area contributed by atoms with Crippen LogP contribution in [0.1, 0.15) is 31.7 Å². The van der Waals surface area contributed by atoms with Crippen molar-refractivity contribution in [3.8, 4) is 0 Å². The predicted octanol–water partition coefficient (Wildman–Crippen LogP) is 2.14. The van der Waals surface area contributed by atoms with Crippen LogP contribution in [-0.4, -0.2) is 76.1 Å². The van der Waals surface area contributed by atoms with Gasteiger partial charge in [0, 0.05) is 44.7 Å². The van der Waals surface area contributed by atoms with Crippen LogP contribution in [0.3, 0.4) is 0 Å². The molecular formula is C20H34N4O2S. The Balaban J connectivity index is 1.59. The molecule has 152 valence electrons. The van der Waals surface area contributed by atoms with Crippen LogP contribution < -0.4 is 10.6 Å². The zero-order valence-electron chi connectivity index (χ0n) is 16.7. The molecule has 7 heteroatoms. The van der Waals surface area contributed by atoms with Crippen LogP contribution in [0.2, 0.25) is 0 Å². The van der Waals surface area contributed by atoms with Crippen LogP contribution in [0.5, 0.6) is 0 Å². The molecule has 3 heterocycles. The standard InChI is InChI=1S/C20H34N4O2S/c1-3-21-20(22-12-16(2)18-5-11-27-15-18)23-13-19(17-4-8-26-14-17)24-6-9-25-10-7-24/h5,11,15-17,19H,3-4,6-10,12-14H2,1-2H3,(H2,21,22,23). The number of ether oxygens (including phenoxy) is 2. The molecule has 3 rings (SSSR count). The summed E-state index contributed by atoms with van der Waals surface area (Å²) in [5.74, 6) is 1.95. The van der Waals surface area contributed by atoms with E-state index in [-0.39, 0.29) is 0 Å². The lowest BCUT2D eigenvalue weighted by Gasteiger charge is -2.36. The van der Waals surface area contributed by atoms with Crippen molar-refractivity contribution in [2.75, 3.05) is 59.2 Å². The molecule has 27 heavy (non-hydrogen) atoms. The van der Waals surface area contributed by atoms with Gasteiger partial charge < -0.3 is 20.1 Å². The molecule has 0 amide bonds. The van der Waals surface area contributed by atoms with E-state index in [1.165, 1.54) is 5.56 Å². The number of nitrogens with one attached hydrogen (secondary N) is 2. The van der Waals surface area contributed by atoms with Crippen molar-refractivity contribution in [1.82, 2.24) is 15.5 Å². The van der Waals surface area contributed by atoms with Crippen LogP contribution >= 0.6 is 11.3 Å². The van der Waals surface area contributed by atoms with E-state index in [2.05, 4.69) is 46.2 Å². The Labute approximate surface area is 167 Å². The molecule has 0 bridgehead atoms. The Hall–Kier alpha value is -1.15. The normalized spacial score (nSPS) is 23.9. The number of guanidine groups is 1. The van der Waals surface area contributed by atoms with Gasteiger partial charge in [-0.1, -0.05) is 6.92 Å². The first-order chi connectivity index (χ1) is 13.3. The number of aliphatic imine (C=N–C) groups is 1. The van der Waals surface area contributed by atoms with E-state index in [9.17, 15) is 0 Å². The lowest BCUT2D eigenvalue weighted by molar-refractivity contribution is 0.00368. The second-order valence-electron chi connectivity index (χ2n) is 7.40. The Kier molecular flexibility index (Phi) is 8.38. The van der Waals surface area contributed by atoms with Gasteiger partial charge in [-0.25, -0.2) is 0 Å². The minimum atomic E-state index is 0.432. The lowest BCUT2D eigenvalue weighted by Crippen LogP contribution is -2.49. The topological polar surface area (TPSA) is 58.1 Å². The van der Waals surface area contributed by atoms with E-state index >= 15 is 0 Å². The third-order valence-corrected chi connectivity index (χ3v) is 6.19. The van der Waals surface area contributed by atoms with Crippen molar-refractivity contribution in [3.63, 3.8) is 0 Å². The summed E-state index contributed by atoms with van der Waals surface area (Å²) >= 11 is 1.76. The van der Waals surface area contributed by atoms with E-state index < -0.39 is 0 Å². The van der Waals surface area contributed by atoms with Crippen LogP contribution in [0.15, 0.2) is 21.8 Å². The van der Waals surface area contributed by atoms with E-state index in [0.29, 0.717) is 17.9 Å². The first-order valence-corrected chi connectivity index (χ1v) is 11.2. The van der Waals surface area contributed by atoms with Gasteiger partial charge in [0.2, 0.25) is 0 Å². The molecule has 0 radical (unpaired) electrons. The fraction of sp³-hybridized carbons (Fsp3) is 0.750. The first-order valence-electron chi connectivity index (χ1n) is 10.2. The summed E-state index contributed by atoms with van der Waals surface area (Å²) in [6, 6.07) is 2.64. The van der Waals surface area contributed by atoms with Gasteiger partial charge in [-0.2, -0.15) is 11.3 Å². The summed E-state index contributed by atoms with van der Waals surface area (Å²) in [5, 5.41) is 11.3. The second kappa shape index (κ2) is 11.0. The highest BCUT2D eigenvalue weighted by Gasteiger charge is 2.31. The number of hydrogen-bond acceptors (Lipinski definition) is 5. The van der Waals surface area contributed by atoms with Crippen molar-refractivity contribution in [1.29, 1.82) is 0 Å². The molecule has 0 spiro atoms. The van der Waals surface area contributed by atoms with E-state index in [1.54, 1.807) is 11.3 Å². The zero-order chi connectivity index (χ0) is 18.9. The zero-order valence-corrected chi connectivity index (χ0v) is 17.5. The average Bonchev–Trinajstić information content (AvgIpc) is 3.41. The van der Waals surface area contributed by atoms with Crippen molar-refractivity contribution in [2.24, 2.45) is 10.9 Å². The van der Waals surface area contributed by atoms with Crippen molar-refractivity contribution >= 4 is 17.3 Å². The van der Waals surface area contributed by atoms with Gasteiger partial charge in [0.05, 0.1) is 26.4 Å². The molecule has 2 fully saturated rings. The summed E-state index contributed by atoms with van der Waals surface area (Å²) in [6.07, 6.45) is 1.14. The van der Waals surface area contributed by atoms with Crippen LogP contribution in [0.4, 0.5) is 0 Å². The van der Waals surface area contributed by atoms with Gasteiger partial charge in [-0.05, 0) is 41.7 Å². The number of morpholine rings is 1. The number of hydrogen-bond donors (Lipinski definition) is 2. The smallest absolute Gasteiger partial charge is 0.191 e. The molecule has 1 aromatic rings. The van der Waals surface area contributed by atoms with Gasteiger partial charge >= 0.3 is 0 Å². The lowest BCUT2D eigenvalue weighted by atomic mass is 9.97. The molecular weight excluding hydrogens is 360 g/mol. The number of thiophene rings is 1. The molecule has 2 aliphatic heterocycles. The summed E-state index contributed by atoms with van der Waals surface area (Å²) in [7, 11) is 0. The van der Waals surface area contributed by atoms with Crippen molar-refractivity contribution in [3.05, 3.63) is 22.4 Å². The second-order valence-corrected chi connectivity index (χ2v) is 8.18. The van der Waals surface area contributed by atoms with Gasteiger partial charge in [-0.3, -0.25) is 9.89 Å². The molecule has 0 saturated carbocycles. The molecule has 1 aromatic heterocycles. The maximum atomic E-state index is 5.67. The van der Waals surface area contributed by atoms with Crippen molar-refractivity contribution < 1.29 is 9.47 Å². The molecule has 6 nitrogen and oxygen atoms in total. The summed E-state index contributed by atoms with van der Waals surface area (Å²) in [4.78, 5) is 7.49. The highest BCUT2D eigenvalue weighted by molar-refractivity contribution is 7.07. The van der Waals surface area contributed by atoms with Gasteiger partial charge in [0.15, 0.2) is 5.96 Å². The number of rotatable bonds is 8. The number of nitrogens with zero attached hydrogens (tertiary/aromatic N) is 2. The fourth-order valence-corrected chi connectivity index (χ4v) is 4.56. The molecule has 2 saturated heterocycles. The minimum absolute atomic E-state index is 0.432. The maximum Gasteiger partial charge on any atom is 0.191 e. The van der Waals surface area contributed by atoms with Gasteiger partial charge in [-0.15, -0.1) is 0 Å². The first kappa shape index (κ1) is 20.6. The van der Waals surface area contributed by atoms with Crippen LogP contribution in [0.25, 0.3) is 0 Å². The Morgan fingerprint density at radius 1 is 1.30 bits per heavy atom. The van der Waals surface area contributed by atoms with Crippen LogP contribution in [-0.2, 0) is 9.47 Å². The Morgan fingerprint density at radius 3 is 2.81 bits per heavy atom. The van der Waals surface area contributed by atoms with E-state index in [1.807, 2.05) is 0 Å². The quantitative estimate of drug-likeness (QED) is 0.523. The molecule has 2 aliphatic rings. The molecule has 0 aromatic carbocycles. The summed E-state index contributed by atoms with van der Waals surface area (Å²) < 4.78 is 11.2. The van der Waals surface area contributed by atoms with Crippen LogP contribution in [0, 0.1) is 5.92 Å². The minimum Gasteiger partial charge on any atom is -0.381 e. The predicted molar refractivity (Wildman–Crippen MR) is 112 cm³/mol. The molecule has 0 aliphatic carbocycles. The summed E-state index contributed by atoms with van der Waals surface area (Å²) in [6.45, 7) is 12.3. The Morgan fingerprint density at radius 2 is 2.15 bits per heavy atom. The third-order valence-electron chi connectivity index (χ3n) is 5.49. The summed E-state index contributed by atoms with van der Waals surface area (Å²) in [5.41, 5.74) is 1.39. The average molecular weight is 395 g/mol. The van der Waals surface area contributed by atoms with E-state index in [0.717, 1.165) is 71.5 Å². The Bertz CT molecular complexity index is 554. The third kappa shape index (κ3) is 6.17. The largest absolute Gasteiger partial charge is 0.381 e. The van der Waals surface area contributed by atoms with Crippen molar-refractivity contribution in [2.45, 2.75) is 32.2 Å². The maximum absolute atomic E-state index is 5.67. The van der Waals surface area contributed by atoms with E-state index in [4.69, 9.17) is 14.5 Å². The molecule has 2 N–H and O–H groups in total. The SMILES string of the molecule is CCNC(=NCC(C1CCOC1)N1CCOCC1)NCC(C)c1ccsc1. The monoisotopic (exact) mass is 394 g/mol.